The highest BCUT2D eigenvalue weighted by atomic mass is 15.1. The first-order chi connectivity index (χ1) is 7.27. The summed E-state index contributed by atoms with van der Waals surface area (Å²) in [5.74, 6) is 0. The van der Waals surface area contributed by atoms with Crippen molar-refractivity contribution in [2.75, 3.05) is 0 Å². The van der Waals surface area contributed by atoms with Gasteiger partial charge in [-0.1, -0.05) is 44.4 Å². The third kappa shape index (κ3) is 3.66. The van der Waals surface area contributed by atoms with Crippen LogP contribution in [0.25, 0.3) is 10.8 Å². The Kier molecular flexibility index (Phi) is 4.75. The van der Waals surface area contributed by atoms with E-state index in [1.54, 1.807) is 12.4 Å². The SMILES string of the molecule is CCCC.Cc1ccc2cnncc2c1. The van der Waals surface area contributed by atoms with Crippen LogP contribution in [-0.2, 0) is 0 Å². The Bertz CT molecular complexity index is 408. The average molecular weight is 202 g/mol. The van der Waals surface area contributed by atoms with Gasteiger partial charge in [0.15, 0.2) is 0 Å². The van der Waals surface area contributed by atoms with Crippen molar-refractivity contribution in [3.63, 3.8) is 0 Å². The molecular formula is C13H18N2. The first kappa shape index (κ1) is 11.6. The van der Waals surface area contributed by atoms with Crippen molar-refractivity contribution >= 4 is 10.8 Å². The molecule has 0 aliphatic heterocycles. The molecule has 0 radical (unpaired) electrons. The van der Waals surface area contributed by atoms with Crippen LogP contribution in [0.5, 0.6) is 0 Å². The fraction of sp³-hybridized carbons (Fsp3) is 0.385. The fourth-order valence-corrected chi connectivity index (χ4v) is 1.11. The molecule has 0 N–H and O–H groups in total. The molecule has 0 unspecified atom stereocenters. The zero-order chi connectivity index (χ0) is 11.1. The molecule has 15 heavy (non-hydrogen) atoms. The lowest BCUT2D eigenvalue weighted by molar-refractivity contribution is 0.886. The summed E-state index contributed by atoms with van der Waals surface area (Å²) in [4.78, 5) is 0. The summed E-state index contributed by atoms with van der Waals surface area (Å²) in [6.45, 7) is 6.43. The van der Waals surface area contributed by atoms with E-state index in [1.807, 2.05) is 0 Å². The number of aryl methyl sites for hydroxylation is 1. The van der Waals surface area contributed by atoms with Gasteiger partial charge in [-0.3, -0.25) is 0 Å². The van der Waals surface area contributed by atoms with Crippen molar-refractivity contribution in [2.45, 2.75) is 33.6 Å². The molecule has 1 aromatic heterocycles. The molecule has 0 amide bonds. The minimum absolute atomic E-state index is 1.14. The highest BCUT2D eigenvalue weighted by Crippen LogP contribution is 2.11. The molecule has 0 aliphatic carbocycles. The van der Waals surface area contributed by atoms with Gasteiger partial charge in [-0.25, -0.2) is 0 Å². The van der Waals surface area contributed by atoms with Gasteiger partial charge in [-0.05, 0) is 13.0 Å². The number of hydrogen-bond acceptors (Lipinski definition) is 2. The van der Waals surface area contributed by atoms with Gasteiger partial charge in [0.1, 0.15) is 0 Å². The van der Waals surface area contributed by atoms with E-state index in [9.17, 15) is 0 Å². The Labute approximate surface area is 91.4 Å². The molecule has 0 aliphatic rings. The van der Waals surface area contributed by atoms with E-state index >= 15 is 0 Å². The van der Waals surface area contributed by atoms with E-state index in [-0.39, 0.29) is 0 Å². The predicted molar refractivity (Wildman–Crippen MR) is 64.9 cm³/mol. The summed E-state index contributed by atoms with van der Waals surface area (Å²) in [5, 5.41) is 9.89. The Morgan fingerprint density at radius 3 is 2.13 bits per heavy atom. The summed E-state index contributed by atoms with van der Waals surface area (Å²) in [7, 11) is 0. The maximum atomic E-state index is 3.80. The summed E-state index contributed by atoms with van der Waals surface area (Å²) >= 11 is 0. The van der Waals surface area contributed by atoms with Crippen molar-refractivity contribution in [3.8, 4) is 0 Å². The molecule has 2 rings (SSSR count). The van der Waals surface area contributed by atoms with Crippen LogP contribution in [0.2, 0.25) is 0 Å². The zero-order valence-electron chi connectivity index (χ0n) is 9.70. The van der Waals surface area contributed by atoms with Gasteiger partial charge in [0.25, 0.3) is 0 Å². The molecule has 2 aromatic rings. The third-order valence-corrected chi connectivity index (χ3v) is 2.20. The second kappa shape index (κ2) is 6.12. The van der Waals surface area contributed by atoms with Crippen molar-refractivity contribution in [1.29, 1.82) is 0 Å². The molecule has 80 valence electrons. The number of nitrogens with zero attached hydrogens (tertiary/aromatic N) is 2. The molecule has 0 spiro atoms. The Balaban J connectivity index is 0.000000245. The number of unbranched alkanes of at least 4 members (excludes halogenated alkanes) is 1. The zero-order valence-corrected chi connectivity index (χ0v) is 9.70. The highest BCUT2D eigenvalue weighted by molar-refractivity contribution is 5.81. The van der Waals surface area contributed by atoms with Crippen LogP contribution >= 0.6 is 0 Å². The van der Waals surface area contributed by atoms with Gasteiger partial charge in [-0.15, -0.1) is 0 Å². The second-order valence-corrected chi connectivity index (χ2v) is 3.62. The van der Waals surface area contributed by atoms with Gasteiger partial charge >= 0.3 is 0 Å². The first-order valence-corrected chi connectivity index (χ1v) is 5.45. The molecular weight excluding hydrogens is 184 g/mol. The molecule has 0 atom stereocenters. The number of rotatable bonds is 1. The van der Waals surface area contributed by atoms with Gasteiger partial charge in [0.05, 0.1) is 12.4 Å². The molecule has 2 heteroatoms. The Morgan fingerprint density at radius 2 is 1.53 bits per heavy atom. The van der Waals surface area contributed by atoms with Crippen LogP contribution in [0, 0.1) is 6.92 Å². The van der Waals surface area contributed by atoms with Crippen LogP contribution in [0.15, 0.2) is 30.6 Å². The van der Waals surface area contributed by atoms with Crippen LogP contribution in [0.1, 0.15) is 32.3 Å². The highest BCUT2D eigenvalue weighted by Gasteiger charge is 1.91. The predicted octanol–water partition coefficient (Wildman–Crippen LogP) is 3.74. The lowest BCUT2D eigenvalue weighted by Crippen LogP contribution is -1.80. The maximum Gasteiger partial charge on any atom is 0.0574 e. The van der Waals surface area contributed by atoms with E-state index in [4.69, 9.17) is 0 Å². The Morgan fingerprint density at radius 1 is 0.933 bits per heavy atom. The van der Waals surface area contributed by atoms with Gasteiger partial charge in [0, 0.05) is 10.8 Å². The van der Waals surface area contributed by atoms with Gasteiger partial charge in [0.2, 0.25) is 0 Å². The third-order valence-electron chi connectivity index (χ3n) is 2.20. The van der Waals surface area contributed by atoms with Crippen LogP contribution in [0.3, 0.4) is 0 Å². The molecule has 0 saturated carbocycles. The molecule has 0 fully saturated rings. The second-order valence-electron chi connectivity index (χ2n) is 3.62. The van der Waals surface area contributed by atoms with Crippen LogP contribution in [-0.4, -0.2) is 10.2 Å². The smallest absolute Gasteiger partial charge is 0.0574 e. The van der Waals surface area contributed by atoms with Crippen LogP contribution in [0.4, 0.5) is 0 Å². The topological polar surface area (TPSA) is 25.8 Å². The van der Waals surface area contributed by atoms with E-state index in [0.717, 1.165) is 10.8 Å². The quantitative estimate of drug-likeness (QED) is 0.704. The maximum absolute atomic E-state index is 3.80. The standard InChI is InChI=1S/C9H8N2.C4H10/c1-7-2-3-8-5-10-11-6-9(8)4-7;1-3-4-2/h2-6H,1H3;3-4H2,1-2H3. The number of fused-ring (bicyclic) bond motifs is 1. The summed E-state index contributed by atoms with van der Waals surface area (Å²) in [5.41, 5.74) is 1.26. The molecule has 1 aromatic carbocycles. The Hall–Kier alpha value is -1.44. The summed E-state index contributed by atoms with van der Waals surface area (Å²) in [6, 6.07) is 6.23. The fourth-order valence-electron chi connectivity index (χ4n) is 1.11. The van der Waals surface area contributed by atoms with Gasteiger partial charge < -0.3 is 0 Å². The minimum Gasteiger partial charge on any atom is -0.158 e. The number of hydrogen-bond donors (Lipinski definition) is 0. The largest absolute Gasteiger partial charge is 0.158 e. The van der Waals surface area contributed by atoms with Crippen molar-refractivity contribution in [3.05, 3.63) is 36.2 Å². The summed E-state index contributed by atoms with van der Waals surface area (Å²) in [6.07, 6.45) is 6.19. The lowest BCUT2D eigenvalue weighted by atomic mass is 10.1. The van der Waals surface area contributed by atoms with Crippen LogP contribution < -0.4 is 0 Å². The minimum atomic E-state index is 1.14. The first-order valence-electron chi connectivity index (χ1n) is 5.45. The monoisotopic (exact) mass is 202 g/mol. The van der Waals surface area contributed by atoms with E-state index in [0.29, 0.717) is 0 Å². The normalized spacial score (nSPS) is 9.53. The average Bonchev–Trinajstić information content (AvgIpc) is 2.29. The van der Waals surface area contributed by atoms with Crippen molar-refractivity contribution in [2.24, 2.45) is 0 Å². The van der Waals surface area contributed by atoms with E-state index < -0.39 is 0 Å². The molecule has 2 nitrogen and oxygen atoms in total. The molecule has 0 saturated heterocycles. The van der Waals surface area contributed by atoms with Crippen molar-refractivity contribution in [1.82, 2.24) is 10.2 Å². The van der Waals surface area contributed by atoms with E-state index in [1.165, 1.54) is 18.4 Å². The lowest BCUT2D eigenvalue weighted by Gasteiger charge is -1.95. The number of benzene rings is 1. The summed E-state index contributed by atoms with van der Waals surface area (Å²) < 4.78 is 0. The van der Waals surface area contributed by atoms with Gasteiger partial charge in [-0.2, -0.15) is 10.2 Å². The van der Waals surface area contributed by atoms with E-state index in [2.05, 4.69) is 49.2 Å². The molecule has 0 bridgehead atoms. The molecule has 1 heterocycles. The number of aromatic nitrogens is 2. The van der Waals surface area contributed by atoms with Crippen molar-refractivity contribution < 1.29 is 0 Å².